The number of benzene rings is 2. The number of nitrogens with zero attached hydrogens (tertiary/aromatic N) is 1. The molecule has 0 aliphatic heterocycles. The minimum absolute atomic E-state index is 0.0192. The van der Waals surface area contributed by atoms with Crippen molar-refractivity contribution in [2.24, 2.45) is 17.6 Å². The zero-order valence-corrected chi connectivity index (χ0v) is 25.2. The molecule has 0 heterocycles. The summed E-state index contributed by atoms with van der Waals surface area (Å²) in [5, 5.41) is 6.27. The quantitative estimate of drug-likeness (QED) is 0.273. The van der Waals surface area contributed by atoms with Crippen molar-refractivity contribution >= 4 is 17.7 Å². The SMILES string of the molecule is CCCN(CCC)C(=O)c1cccc(C(=O)N[C@@H](Cc2ccccc2)[C@@H](N)C[C@@H](C)C(=O)NCC2CCCCC2)c1. The van der Waals surface area contributed by atoms with Crippen LogP contribution in [0.15, 0.2) is 54.6 Å². The summed E-state index contributed by atoms with van der Waals surface area (Å²) in [5.41, 5.74) is 8.69. The van der Waals surface area contributed by atoms with Gasteiger partial charge in [0.05, 0.1) is 0 Å². The van der Waals surface area contributed by atoms with E-state index in [2.05, 4.69) is 24.5 Å². The van der Waals surface area contributed by atoms with Gasteiger partial charge in [-0.2, -0.15) is 0 Å². The van der Waals surface area contributed by atoms with Gasteiger partial charge in [-0.25, -0.2) is 0 Å². The molecule has 3 amide bonds. The molecule has 3 rings (SSSR count). The van der Waals surface area contributed by atoms with Crippen LogP contribution in [0.3, 0.4) is 0 Å². The number of nitrogens with two attached hydrogens (primary N) is 1. The normalized spacial score (nSPS) is 15.9. The Bertz CT molecular complexity index is 1090. The molecule has 0 aromatic heterocycles. The van der Waals surface area contributed by atoms with Gasteiger partial charge in [0, 0.05) is 48.8 Å². The van der Waals surface area contributed by atoms with Crippen LogP contribution in [0.2, 0.25) is 0 Å². The summed E-state index contributed by atoms with van der Waals surface area (Å²) in [4.78, 5) is 41.4. The van der Waals surface area contributed by atoms with E-state index in [4.69, 9.17) is 5.73 Å². The second kappa shape index (κ2) is 16.9. The van der Waals surface area contributed by atoms with E-state index < -0.39 is 6.04 Å². The maximum atomic E-state index is 13.5. The molecule has 4 N–H and O–H groups in total. The van der Waals surface area contributed by atoms with Crippen molar-refractivity contribution in [2.45, 2.75) is 90.6 Å². The van der Waals surface area contributed by atoms with Crippen LogP contribution >= 0.6 is 0 Å². The molecule has 0 unspecified atom stereocenters. The number of hydrogen-bond acceptors (Lipinski definition) is 4. The van der Waals surface area contributed by atoms with Crippen molar-refractivity contribution in [1.82, 2.24) is 15.5 Å². The average Bonchev–Trinajstić information content (AvgIpc) is 3.00. The molecule has 7 heteroatoms. The van der Waals surface area contributed by atoms with Gasteiger partial charge in [0.15, 0.2) is 0 Å². The van der Waals surface area contributed by atoms with E-state index in [0.717, 1.165) is 24.9 Å². The number of nitrogens with one attached hydrogen (secondary N) is 2. The van der Waals surface area contributed by atoms with E-state index >= 15 is 0 Å². The third-order valence-electron chi connectivity index (χ3n) is 8.14. The Morgan fingerprint density at radius 1 is 0.927 bits per heavy atom. The molecular formula is C34H50N4O3. The molecule has 224 valence electrons. The van der Waals surface area contributed by atoms with Crippen LogP contribution in [-0.4, -0.2) is 54.3 Å². The van der Waals surface area contributed by atoms with E-state index in [0.29, 0.717) is 43.0 Å². The molecule has 41 heavy (non-hydrogen) atoms. The molecule has 1 aliphatic rings. The van der Waals surface area contributed by atoms with Gasteiger partial charge in [0.1, 0.15) is 0 Å². The van der Waals surface area contributed by atoms with Crippen LogP contribution in [0, 0.1) is 11.8 Å². The molecule has 0 bridgehead atoms. The molecule has 3 atom stereocenters. The molecule has 7 nitrogen and oxygen atoms in total. The number of carbonyl (C=O) groups excluding carboxylic acids is 3. The highest BCUT2D eigenvalue weighted by molar-refractivity contribution is 5.99. The van der Waals surface area contributed by atoms with Crippen LogP contribution in [-0.2, 0) is 11.2 Å². The highest BCUT2D eigenvalue weighted by Crippen LogP contribution is 2.23. The Hall–Kier alpha value is -3.19. The van der Waals surface area contributed by atoms with Crippen LogP contribution < -0.4 is 16.4 Å². The summed E-state index contributed by atoms with van der Waals surface area (Å²) in [7, 11) is 0. The average molecular weight is 563 g/mol. The smallest absolute Gasteiger partial charge is 0.253 e. The van der Waals surface area contributed by atoms with Gasteiger partial charge in [0.2, 0.25) is 5.91 Å². The van der Waals surface area contributed by atoms with Crippen molar-refractivity contribution < 1.29 is 14.4 Å². The molecule has 1 aliphatic carbocycles. The summed E-state index contributed by atoms with van der Waals surface area (Å²) in [6.45, 7) is 8.11. The first-order valence-corrected chi connectivity index (χ1v) is 15.6. The van der Waals surface area contributed by atoms with Gasteiger partial charge in [-0.1, -0.05) is 76.4 Å². The lowest BCUT2D eigenvalue weighted by Crippen LogP contribution is -2.50. The Morgan fingerprint density at radius 2 is 1.59 bits per heavy atom. The van der Waals surface area contributed by atoms with Crippen molar-refractivity contribution in [3.63, 3.8) is 0 Å². The second-order valence-corrected chi connectivity index (χ2v) is 11.7. The maximum absolute atomic E-state index is 13.5. The molecule has 0 radical (unpaired) electrons. The molecule has 1 saturated carbocycles. The largest absolute Gasteiger partial charge is 0.356 e. The predicted octanol–water partition coefficient (Wildman–Crippen LogP) is 5.34. The van der Waals surface area contributed by atoms with Crippen molar-refractivity contribution in [3.8, 4) is 0 Å². The lowest BCUT2D eigenvalue weighted by atomic mass is 9.89. The summed E-state index contributed by atoms with van der Waals surface area (Å²) in [6.07, 6.45) is 8.90. The first kappa shape index (κ1) is 32.3. The minimum Gasteiger partial charge on any atom is -0.356 e. The molecule has 1 fully saturated rings. The van der Waals surface area contributed by atoms with Gasteiger partial charge in [0.25, 0.3) is 11.8 Å². The van der Waals surface area contributed by atoms with Crippen molar-refractivity contribution in [2.75, 3.05) is 19.6 Å². The summed E-state index contributed by atoms with van der Waals surface area (Å²) >= 11 is 0. The molecule has 0 saturated heterocycles. The molecule has 2 aromatic carbocycles. The Kier molecular flexibility index (Phi) is 13.3. The van der Waals surface area contributed by atoms with Gasteiger partial charge >= 0.3 is 0 Å². The maximum Gasteiger partial charge on any atom is 0.253 e. The van der Waals surface area contributed by atoms with E-state index in [-0.39, 0.29) is 29.7 Å². The number of hydrogen-bond donors (Lipinski definition) is 3. The Labute approximate surface area is 246 Å². The molecule has 2 aromatic rings. The first-order valence-electron chi connectivity index (χ1n) is 15.6. The van der Waals surface area contributed by atoms with E-state index in [1.165, 1.54) is 32.1 Å². The van der Waals surface area contributed by atoms with E-state index in [1.54, 1.807) is 24.3 Å². The Morgan fingerprint density at radius 3 is 2.24 bits per heavy atom. The lowest BCUT2D eigenvalue weighted by Gasteiger charge is -2.28. The van der Waals surface area contributed by atoms with Crippen LogP contribution in [0.1, 0.15) is 98.4 Å². The minimum atomic E-state index is -0.427. The number of amides is 3. The fraction of sp³-hybridized carbons (Fsp3) is 0.559. The van der Waals surface area contributed by atoms with Crippen LogP contribution in [0.5, 0.6) is 0 Å². The van der Waals surface area contributed by atoms with Crippen molar-refractivity contribution in [1.29, 1.82) is 0 Å². The fourth-order valence-electron chi connectivity index (χ4n) is 5.75. The van der Waals surface area contributed by atoms with Crippen molar-refractivity contribution in [3.05, 3.63) is 71.3 Å². The number of carbonyl (C=O) groups is 3. The first-order chi connectivity index (χ1) is 19.8. The van der Waals surface area contributed by atoms with E-state index in [1.807, 2.05) is 42.2 Å². The highest BCUT2D eigenvalue weighted by Gasteiger charge is 2.26. The monoisotopic (exact) mass is 562 g/mol. The third-order valence-corrected chi connectivity index (χ3v) is 8.14. The molecular weight excluding hydrogens is 512 g/mol. The topological polar surface area (TPSA) is 105 Å². The standard InChI is InChI=1S/C34H50N4O3/c1-4-19-38(20-5-2)34(41)29-18-12-17-28(23-29)33(40)37-31(22-26-13-8-6-9-14-26)30(35)21-25(3)32(39)36-24-27-15-10-7-11-16-27/h6,8-9,12-14,17-18,23,25,27,30-31H,4-5,7,10-11,15-16,19-22,24,35H2,1-3H3,(H,36,39)(H,37,40)/t25-,30+,31+/m1/s1. The van der Waals surface area contributed by atoms with Crippen LogP contribution in [0.25, 0.3) is 0 Å². The zero-order chi connectivity index (χ0) is 29.6. The van der Waals surface area contributed by atoms with E-state index in [9.17, 15) is 14.4 Å². The Balaban J connectivity index is 1.69. The van der Waals surface area contributed by atoms with Gasteiger partial charge in [-0.15, -0.1) is 0 Å². The highest BCUT2D eigenvalue weighted by atomic mass is 16.2. The lowest BCUT2D eigenvalue weighted by molar-refractivity contribution is -0.125. The van der Waals surface area contributed by atoms with Gasteiger partial charge in [-0.05, 0) is 68.2 Å². The summed E-state index contributed by atoms with van der Waals surface area (Å²) in [5.74, 6) is -0.0205. The second-order valence-electron chi connectivity index (χ2n) is 11.7. The van der Waals surface area contributed by atoms with Gasteiger partial charge in [-0.3, -0.25) is 14.4 Å². The third kappa shape index (κ3) is 10.3. The van der Waals surface area contributed by atoms with Crippen LogP contribution in [0.4, 0.5) is 0 Å². The summed E-state index contributed by atoms with van der Waals surface area (Å²) < 4.78 is 0. The fourth-order valence-corrected chi connectivity index (χ4v) is 5.75. The number of rotatable bonds is 15. The zero-order valence-electron chi connectivity index (χ0n) is 25.2. The van der Waals surface area contributed by atoms with Gasteiger partial charge < -0.3 is 21.3 Å². The predicted molar refractivity (Wildman–Crippen MR) is 166 cm³/mol. The summed E-state index contributed by atoms with van der Waals surface area (Å²) in [6, 6.07) is 16.0. The molecule has 0 spiro atoms.